The maximum Gasteiger partial charge on any atom is 0.157 e. The van der Waals surface area contributed by atoms with Crippen molar-refractivity contribution in [2.75, 3.05) is 6.61 Å². The molecule has 66 valence electrons. The second-order valence-electron chi connectivity index (χ2n) is 2.61. The van der Waals surface area contributed by atoms with Gasteiger partial charge in [0.25, 0.3) is 0 Å². The van der Waals surface area contributed by atoms with Crippen molar-refractivity contribution in [3.8, 4) is 0 Å². The average molecular weight is 164 g/mol. The Kier molecular flexibility index (Phi) is 2.80. The third-order valence-electron chi connectivity index (χ3n) is 1.73. The molecule has 1 heterocycles. The average Bonchev–Trinajstić information content (AvgIpc) is 1.96. The Morgan fingerprint density at radius 3 is 2.45 bits per heavy atom. The summed E-state index contributed by atoms with van der Waals surface area (Å²) in [5.74, 6) is 0. The molecule has 0 aromatic rings. The molecule has 5 nitrogen and oxygen atoms in total. The minimum absolute atomic E-state index is 0.0162. The van der Waals surface area contributed by atoms with Crippen LogP contribution in [0.4, 0.5) is 0 Å². The molecule has 0 aromatic heterocycles. The zero-order chi connectivity index (χ0) is 8.43. The molecule has 0 spiro atoms. The maximum absolute atomic E-state index is 9.11. The summed E-state index contributed by atoms with van der Waals surface area (Å²) in [6.45, 7) is -0.407. The summed E-state index contributed by atoms with van der Waals surface area (Å²) in [7, 11) is 0. The summed E-state index contributed by atoms with van der Waals surface area (Å²) in [6, 6.07) is 0. The van der Waals surface area contributed by atoms with Gasteiger partial charge in [0.15, 0.2) is 6.29 Å². The van der Waals surface area contributed by atoms with Gasteiger partial charge in [-0.15, -0.1) is 0 Å². The fourth-order valence-electron chi connectivity index (χ4n) is 1.08. The van der Waals surface area contributed by atoms with Gasteiger partial charge >= 0.3 is 0 Å². The third kappa shape index (κ3) is 1.88. The van der Waals surface area contributed by atoms with E-state index in [1.165, 1.54) is 0 Å². The Bertz CT molecular complexity index is 128. The largest absolute Gasteiger partial charge is 0.394 e. The van der Waals surface area contributed by atoms with Gasteiger partial charge in [0.1, 0.15) is 12.2 Å². The van der Waals surface area contributed by atoms with Crippen LogP contribution < -0.4 is 0 Å². The molecule has 1 saturated heterocycles. The van der Waals surface area contributed by atoms with Crippen molar-refractivity contribution in [2.45, 2.75) is 31.0 Å². The van der Waals surface area contributed by atoms with Gasteiger partial charge in [0.05, 0.1) is 12.7 Å². The van der Waals surface area contributed by atoms with Crippen molar-refractivity contribution >= 4 is 0 Å². The van der Waals surface area contributed by atoms with Gasteiger partial charge in [-0.25, -0.2) is 0 Å². The quantitative estimate of drug-likeness (QED) is 0.353. The molecular weight excluding hydrogens is 152 g/mol. The topological polar surface area (TPSA) is 90.2 Å². The molecule has 5 heteroatoms. The molecular formula is C6H12O5. The number of aliphatic hydroxyl groups excluding tert-OH is 4. The lowest BCUT2D eigenvalue weighted by Crippen LogP contribution is -2.49. The summed E-state index contributed by atoms with van der Waals surface area (Å²) in [5, 5.41) is 35.6. The Balaban J connectivity index is 2.51. The van der Waals surface area contributed by atoms with E-state index in [1.54, 1.807) is 0 Å². The summed E-state index contributed by atoms with van der Waals surface area (Å²) in [6.07, 6.45) is -4.11. The molecule has 1 aliphatic rings. The number of rotatable bonds is 1. The van der Waals surface area contributed by atoms with Gasteiger partial charge in [0.2, 0.25) is 0 Å². The molecule has 0 bridgehead atoms. The first-order valence-electron chi connectivity index (χ1n) is 3.45. The van der Waals surface area contributed by atoms with Crippen molar-refractivity contribution in [1.82, 2.24) is 0 Å². The number of hydrogen-bond acceptors (Lipinski definition) is 5. The zero-order valence-corrected chi connectivity index (χ0v) is 5.92. The van der Waals surface area contributed by atoms with Crippen LogP contribution in [0.2, 0.25) is 0 Å². The van der Waals surface area contributed by atoms with Crippen LogP contribution in [0, 0.1) is 0 Å². The maximum atomic E-state index is 9.11. The van der Waals surface area contributed by atoms with Crippen LogP contribution in [-0.4, -0.2) is 51.6 Å². The fraction of sp³-hybridized carbons (Fsp3) is 1.00. The molecule has 1 rings (SSSR count). The smallest absolute Gasteiger partial charge is 0.157 e. The van der Waals surface area contributed by atoms with Gasteiger partial charge in [-0.05, 0) is 0 Å². The first-order valence-corrected chi connectivity index (χ1v) is 3.45. The van der Waals surface area contributed by atoms with Gasteiger partial charge in [0, 0.05) is 6.42 Å². The Hall–Kier alpha value is -0.200. The molecule has 2 unspecified atom stereocenters. The highest BCUT2D eigenvalue weighted by Crippen LogP contribution is 2.18. The first-order chi connectivity index (χ1) is 5.15. The van der Waals surface area contributed by atoms with Crippen LogP contribution in [-0.2, 0) is 4.74 Å². The van der Waals surface area contributed by atoms with E-state index in [4.69, 9.17) is 25.2 Å². The summed E-state index contributed by atoms with van der Waals surface area (Å²) >= 11 is 0. The molecule has 0 amide bonds. The minimum atomic E-state index is -1.11. The molecule has 1 aliphatic heterocycles. The van der Waals surface area contributed by atoms with Gasteiger partial charge < -0.3 is 25.2 Å². The van der Waals surface area contributed by atoms with Gasteiger partial charge in [-0.2, -0.15) is 0 Å². The standard InChI is InChI=1S/C6H12O5/c7-2-4-6(10)3(8)1-5(9)11-4/h3-10H,1-2H2/t3-,4-,5?,6?/m1/s1. The van der Waals surface area contributed by atoms with Crippen molar-refractivity contribution in [3.05, 3.63) is 0 Å². The highest BCUT2D eigenvalue weighted by molar-refractivity contribution is 4.81. The van der Waals surface area contributed by atoms with Crippen LogP contribution in [0.3, 0.4) is 0 Å². The van der Waals surface area contributed by atoms with E-state index < -0.39 is 31.2 Å². The lowest BCUT2D eigenvalue weighted by molar-refractivity contribution is -0.239. The van der Waals surface area contributed by atoms with Gasteiger partial charge in [-0.1, -0.05) is 0 Å². The van der Waals surface area contributed by atoms with Crippen LogP contribution >= 0.6 is 0 Å². The lowest BCUT2D eigenvalue weighted by atomic mass is 10.0. The lowest BCUT2D eigenvalue weighted by Gasteiger charge is -2.33. The van der Waals surface area contributed by atoms with Crippen LogP contribution in [0.1, 0.15) is 6.42 Å². The monoisotopic (exact) mass is 164 g/mol. The van der Waals surface area contributed by atoms with Crippen molar-refractivity contribution < 1.29 is 25.2 Å². The van der Waals surface area contributed by atoms with Crippen molar-refractivity contribution in [3.63, 3.8) is 0 Å². The third-order valence-corrected chi connectivity index (χ3v) is 1.73. The SMILES string of the molecule is OC[C@H]1OC(O)C[C@@H](O)C1O. The second kappa shape index (κ2) is 3.46. The van der Waals surface area contributed by atoms with Crippen molar-refractivity contribution in [1.29, 1.82) is 0 Å². The number of ether oxygens (including phenoxy) is 1. The van der Waals surface area contributed by atoms with Crippen LogP contribution in [0.25, 0.3) is 0 Å². The fourth-order valence-corrected chi connectivity index (χ4v) is 1.08. The molecule has 4 N–H and O–H groups in total. The first kappa shape index (κ1) is 8.89. The van der Waals surface area contributed by atoms with E-state index >= 15 is 0 Å². The second-order valence-corrected chi connectivity index (χ2v) is 2.61. The molecule has 0 aliphatic carbocycles. The molecule has 4 atom stereocenters. The zero-order valence-electron chi connectivity index (χ0n) is 5.92. The molecule has 0 aromatic carbocycles. The number of hydrogen-bond donors (Lipinski definition) is 4. The minimum Gasteiger partial charge on any atom is -0.394 e. The Morgan fingerprint density at radius 1 is 1.27 bits per heavy atom. The molecule has 0 radical (unpaired) electrons. The van der Waals surface area contributed by atoms with Gasteiger partial charge in [-0.3, -0.25) is 0 Å². The highest BCUT2D eigenvalue weighted by Gasteiger charge is 2.35. The Morgan fingerprint density at radius 2 is 1.91 bits per heavy atom. The summed E-state index contributed by atoms with van der Waals surface area (Å²) < 4.78 is 4.71. The number of aliphatic hydroxyl groups is 4. The van der Waals surface area contributed by atoms with Crippen molar-refractivity contribution in [2.24, 2.45) is 0 Å². The highest BCUT2D eigenvalue weighted by atomic mass is 16.6. The molecule has 0 saturated carbocycles. The molecule has 11 heavy (non-hydrogen) atoms. The molecule has 1 fully saturated rings. The van der Waals surface area contributed by atoms with E-state index in [2.05, 4.69) is 0 Å². The van der Waals surface area contributed by atoms with E-state index in [0.29, 0.717) is 0 Å². The Labute approximate surface area is 63.8 Å². The summed E-state index contributed by atoms with van der Waals surface area (Å²) in [5.41, 5.74) is 0. The van der Waals surface area contributed by atoms with Crippen LogP contribution in [0.5, 0.6) is 0 Å². The predicted molar refractivity (Wildman–Crippen MR) is 34.6 cm³/mol. The van der Waals surface area contributed by atoms with E-state index in [1.807, 2.05) is 0 Å². The van der Waals surface area contributed by atoms with E-state index in [-0.39, 0.29) is 6.42 Å². The normalized spacial score (nSPS) is 45.8. The van der Waals surface area contributed by atoms with E-state index in [9.17, 15) is 0 Å². The summed E-state index contributed by atoms with van der Waals surface area (Å²) in [4.78, 5) is 0. The van der Waals surface area contributed by atoms with Crippen LogP contribution in [0.15, 0.2) is 0 Å². The predicted octanol–water partition coefficient (Wildman–Crippen LogP) is -2.19. The van der Waals surface area contributed by atoms with E-state index in [0.717, 1.165) is 0 Å².